The van der Waals surface area contributed by atoms with E-state index in [1.165, 1.54) is 0 Å². The normalized spacial score (nSPS) is 10.7. The van der Waals surface area contributed by atoms with Gasteiger partial charge in [-0.2, -0.15) is 0 Å². The van der Waals surface area contributed by atoms with Gasteiger partial charge in [-0.1, -0.05) is 28.1 Å². The second-order valence-electron chi connectivity index (χ2n) is 4.69. The van der Waals surface area contributed by atoms with Crippen LogP contribution in [0.4, 0.5) is 0 Å². The molecular weight excluding hydrogens is 330 g/mol. The molecule has 0 bridgehead atoms. The Morgan fingerprint density at radius 2 is 1.76 bits per heavy atom. The summed E-state index contributed by atoms with van der Waals surface area (Å²) >= 11 is 3.39. The smallest absolute Gasteiger partial charge is 0.189 e. The van der Waals surface area contributed by atoms with Crippen molar-refractivity contribution in [2.24, 2.45) is 0 Å². The summed E-state index contributed by atoms with van der Waals surface area (Å²) in [5.74, 6) is 0.837. The molecule has 3 aromatic rings. The van der Waals surface area contributed by atoms with E-state index in [1.54, 1.807) is 6.07 Å². The maximum atomic E-state index is 11.8. The topological polar surface area (TPSA) is 31.2 Å². The van der Waals surface area contributed by atoms with E-state index >= 15 is 0 Å². The molecule has 0 N–H and O–H groups in total. The molecule has 1 heterocycles. The third kappa shape index (κ3) is 3.16. The van der Waals surface area contributed by atoms with E-state index in [4.69, 9.17) is 4.74 Å². The molecule has 0 aliphatic carbocycles. The van der Waals surface area contributed by atoms with Gasteiger partial charge in [-0.05, 0) is 36.4 Å². The summed E-state index contributed by atoms with van der Waals surface area (Å²) in [4.78, 5) is 11.8. The molecule has 0 amide bonds. The molecule has 2 aromatic carbocycles. The quantitative estimate of drug-likeness (QED) is 0.720. The minimum absolute atomic E-state index is 0.0516. The Kier molecular flexibility index (Phi) is 4.06. The van der Waals surface area contributed by atoms with Gasteiger partial charge < -0.3 is 9.30 Å². The molecular formula is C17H14BrNO2. The maximum Gasteiger partial charge on any atom is 0.189 e. The van der Waals surface area contributed by atoms with Gasteiger partial charge in [0.15, 0.2) is 5.43 Å². The van der Waals surface area contributed by atoms with Crippen LogP contribution < -0.4 is 10.2 Å². The number of rotatable bonds is 4. The number of fused-ring (bicyclic) bond motifs is 1. The number of hydrogen-bond donors (Lipinski definition) is 0. The zero-order valence-electron chi connectivity index (χ0n) is 11.3. The standard InChI is InChI=1S/C17H14BrNO2/c18-13-5-7-14(8-6-13)21-12-11-19-10-9-17(20)15-3-1-2-4-16(15)19/h1-10H,11-12H2. The highest BCUT2D eigenvalue weighted by Gasteiger charge is 2.02. The number of aromatic nitrogens is 1. The molecule has 0 spiro atoms. The van der Waals surface area contributed by atoms with Crippen LogP contribution in [0.1, 0.15) is 0 Å². The first-order valence-corrected chi connectivity index (χ1v) is 7.50. The predicted octanol–water partition coefficient (Wildman–Crippen LogP) is 3.84. The summed E-state index contributed by atoms with van der Waals surface area (Å²) in [5, 5.41) is 0.739. The highest BCUT2D eigenvalue weighted by molar-refractivity contribution is 9.10. The van der Waals surface area contributed by atoms with Crippen molar-refractivity contribution in [1.82, 2.24) is 4.57 Å². The summed E-state index contributed by atoms with van der Waals surface area (Å²) < 4.78 is 8.79. The largest absolute Gasteiger partial charge is 0.492 e. The molecule has 0 aliphatic heterocycles. The van der Waals surface area contributed by atoms with Crippen LogP contribution in [0.3, 0.4) is 0 Å². The van der Waals surface area contributed by atoms with E-state index < -0.39 is 0 Å². The van der Waals surface area contributed by atoms with E-state index in [1.807, 2.05) is 59.3 Å². The highest BCUT2D eigenvalue weighted by atomic mass is 79.9. The second-order valence-corrected chi connectivity index (χ2v) is 5.61. The van der Waals surface area contributed by atoms with Crippen molar-refractivity contribution >= 4 is 26.8 Å². The fraction of sp³-hybridized carbons (Fsp3) is 0.118. The van der Waals surface area contributed by atoms with Crippen LogP contribution in [0.2, 0.25) is 0 Å². The molecule has 0 aliphatic rings. The first-order valence-electron chi connectivity index (χ1n) is 6.70. The Morgan fingerprint density at radius 3 is 2.57 bits per heavy atom. The lowest BCUT2D eigenvalue weighted by molar-refractivity contribution is 0.300. The van der Waals surface area contributed by atoms with Crippen LogP contribution in [0, 0.1) is 0 Å². The summed E-state index contributed by atoms with van der Waals surface area (Å²) in [7, 11) is 0. The Labute approximate surface area is 130 Å². The van der Waals surface area contributed by atoms with Gasteiger partial charge in [-0.3, -0.25) is 4.79 Å². The molecule has 106 valence electrons. The average Bonchev–Trinajstić information content (AvgIpc) is 2.52. The average molecular weight is 344 g/mol. The number of hydrogen-bond acceptors (Lipinski definition) is 2. The Hall–Kier alpha value is -2.07. The van der Waals surface area contributed by atoms with E-state index in [-0.39, 0.29) is 5.43 Å². The summed E-state index contributed by atoms with van der Waals surface area (Å²) in [6.45, 7) is 1.24. The number of halogens is 1. The van der Waals surface area contributed by atoms with Crippen molar-refractivity contribution in [3.8, 4) is 5.75 Å². The van der Waals surface area contributed by atoms with Gasteiger partial charge in [-0.25, -0.2) is 0 Å². The number of ether oxygens (including phenoxy) is 1. The second kappa shape index (κ2) is 6.14. The third-order valence-electron chi connectivity index (χ3n) is 3.30. The highest BCUT2D eigenvalue weighted by Crippen LogP contribution is 2.16. The fourth-order valence-electron chi connectivity index (χ4n) is 2.25. The Morgan fingerprint density at radius 1 is 1.00 bits per heavy atom. The molecule has 0 unspecified atom stereocenters. The molecule has 0 saturated carbocycles. The van der Waals surface area contributed by atoms with Gasteiger partial charge in [0, 0.05) is 22.1 Å². The van der Waals surface area contributed by atoms with Crippen LogP contribution in [0.5, 0.6) is 5.75 Å². The van der Waals surface area contributed by atoms with Gasteiger partial charge in [-0.15, -0.1) is 0 Å². The van der Waals surface area contributed by atoms with Gasteiger partial charge in [0.1, 0.15) is 12.4 Å². The van der Waals surface area contributed by atoms with Crippen molar-refractivity contribution < 1.29 is 4.74 Å². The van der Waals surface area contributed by atoms with Crippen molar-refractivity contribution in [1.29, 1.82) is 0 Å². The predicted molar refractivity (Wildman–Crippen MR) is 87.8 cm³/mol. The monoisotopic (exact) mass is 343 g/mol. The zero-order valence-corrected chi connectivity index (χ0v) is 12.9. The van der Waals surface area contributed by atoms with E-state index in [0.29, 0.717) is 13.2 Å². The molecule has 0 fully saturated rings. The zero-order chi connectivity index (χ0) is 14.7. The van der Waals surface area contributed by atoms with Crippen LogP contribution in [0.15, 0.2) is 70.1 Å². The lowest BCUT2D eigenvalue weighted by Crippen LogP contribution is -2.12. The van der Waals surface area contributed by atoms with Crippen molar-refractivity contribution in [2.75, 3.05) is 6.61 Å². The number of benzene rings is 2. The summed E-state index contributed by atoms with van der Waals surface area (Å²) in [6, 6.07) is 17.0. The molecule has 21 heavy (non-hydrogen) atoms. The van der Waals surface area contributed by atoms with Crippen molar-refractivity contribution in [2.45, 2.75) is 6.54 Å². The minimum atomic E-state index is 0.0516. The van der Waals surface area contributed by atoms with Gasteiger partial charge in [0.25, 0.3) is 0 Å². The van der Waals surface area contributed by atoms with Crippen molar-refractivity contribution in [3.05, 3.63) is 75.5 Å². The Balaban J connectivity index is 1.75. The molecule has 0 atom stereocenters. The minimum Gasteiger partial charge on any atom is -0.492 e. The first kappa shape index (κ1) is 13.9. The van der Waals surface area contributed by atoms with E-state index in [9.17, 15) is 4.79 Å². The van der Waals surface area contributed by atoms with Gasteiger partial charge in [0.05, 0.1) is 12.1 Å². The number of para-hydroxylation sites is 1. The summed E-state index contributed by atoms with van der Waals surface area (Å²) in [6.07, 6.45) is 1.82. The Bertz CT molecular complexity index is 809. The fourth-order valence-corrected chi connectivity index (χ4v) is 2.51. The van der Waals surface area contributed by atoms with Gasteiger partial charge in [0.2, 0.25) is 0 Å². The van der Waals surface area contributed by atoms with Crippen LogP contribution in [-0.2, 0) is 6.54 Å². The van der Waals surface area contributed by atoms with Gasteiger partial charge >= 0.3 is 0 Å². The van der Waals surface area contributed by atoms with E-state index in [0.717, 1.165) is 21.1 Å². The lowest BCUT2D eigenvalue weighted by Gasteiger charge is -2.11. The van der Waals surface area contributed by atoms with Crippen LogP contribution >= 0.6 is 15.9 Å². The SMILES string of the molecule is O=c1ccn(CCOc2ccc(Br)cc2)c2ccccc12. The molecule has 0 saturated heterocycles. The molecule has 4 heteroatoms. The number of nitrogens with zero attached hydrogens (tertiary/aromatic N) is 1. The van der Waals surface area contributed by atoms with Crippen LogP contribution in [-0.4, -0.2) is 11.2 Å². The maximum absolute atomic E-state index is 11.8. The molecule has 1 aromatic heterocycles. The molecule has 3 nitrogen and oxygen atoms in total. The first-order chi connectivity index (χ1) is 10.2. The van der Waals surface area contributed by atoms with Crippen LogP contribution in [0.25, 0.3) is 10.9 Å². The van der Waals surface area contributed by atoms with E-state index in [2.05, 4.69) is 15.9 Å². The van der Waals surface area contributed by atoms with Crippen molar-refractivity contribution in [3.63, 3.8) is 0 Å². The third-order valence-corrected chi connectivity index (χ3v) is 3.83. The number of pyridine rings is 1. The summed E-state index contributed by atoms with van der Waals surface area (Å²) in [5.41, 5.74) is 0.986. The molecule has 3 rings (SSSR count). The molecule has 0 radical (unpaired) electrons. The lowest BCUT2D eigenvalue weighted by atomic mass is 10.2.